The summed E-state index contributed by atoms with van der Waals surface area (Å²) in [6.45, 7) is 1.78. The lowest BCUT2D eigenvalue weighted by molar-refractivity contribution is 0.473. The van der Waals surface area contributed by atoms with Crippen LogP contribution in [-0.4, -0.2) is 15.1 Å². The zero-order chi connectivity index (χ0) is 12.7. The van der Waals surface area contributed by atoms with Crippen molar-refractivity contribution >= 4 is 22.6 Å². The molecule has 0 aliphatic carbocycles. The highest BCUT2D eigenvalue weighted by atomic mass is 35.5. The number of nitrogens with zero attached hydrogens (tertiary/aromatic N) is 1. The number of aromatic hydroxyl groups is 1. The monoisotopic (exact) mass is 258 g/mol. The van der Waals surface area contributed by atoms with E-state index in [-0.39, 0.29) is 5.75 Å². The minimum atomic E-state index is 0.168. The number of H-pyrrole nitrogens is 1. The lowest BCUT2D eigenvalue weighted by atomic mass is 10.1. The Balaban J connectivity index is 2.23. The second-order valence-corrected chi connectivity index (χ2v) is 4.58. The van der Waals surface area contributed by atoms with Crippen molar-refractivity contribution in [1.82, 2.24) is 9.97 Å². The first-order chi connectivity index (χ1) is 8.66. The summed E-state index contributed by atoms with van der Waals surface area (Å²) in [6.07, 6.45) is 0. The van der Waals surface area contributed by atoms with Crippen LogP contribution in [0.2, 0.25) is 5.02 Å². The predicted octanol–water partition coefficient (Wildman–Crippen LogP) is 3.90. The molecule has 0 spiro atoms. The van der Waals surface area contributed by atoms with Crippen molar-refractivity contribution in [1.29, 1.82) is 0 Å². The third kappa shape index (κ3) is 1.64. The highest BCUT2D eigenvalue weighted by Gasteiger charge is 2.12. The van der Waals surface area contributed by atoms with Gasteiger partial charge in [0.15, 0.2) is 0 Å². The molecule has 0 fully saturated rings. The lowest BCUT2D eigenvalue weighted by Gasteiger charge is -2.05. The summed E-state index contributed by atoms with van der Waals surface area (Å²) < 4.78 is 0. The number of hydrogen-bond donors (Lipinski definition) is 2. The number of rotatable bonds is 1. The number of phenolic OH excluding ortho intramolecular Hbond substituents is 1. The Bertz CT molecular complexity index is 701. The molecule has 0 amide bonds. The van der Waals surface area contributed by atoms with E-state index in [1.165, 1.54) is 0 Å². The molecule has 90 valence electrons. The molecule has 18 heavy (non-hydrogen) atoms. The van der Waals surface area contributed by atoms with Gasteiger partial charge in [0.1, 0.15) is 11.6 Å². The summed E-state index contributed by atoms with van der Waals surface area (Å²) in [6, 6.07) is 11.3. The van der Waals surface area contributed by atoms with Crippen LogP contribution in [-0.2, 0) is 0 Å². The van der Waals surface area contributed by atoms with Crippen LogP contribution in [0, 0.1) is 6.92 Å². The van der Waals surface area contributed by atoms with Gasteiger partial charge >= 0.3 is 0 Å². The average molecular weight is 259 g/mol. The molecule has 3 rings (SSSR count). The number of para-hydroxylation sites is 2. The second-order valence-electron chi connectivity index (χ2n) is 4.17. The Morgan fingerprint density at radius 3 is 2.72 bits per heavy atom. The molecule has 2 N–H and O–H groups in total. The van der Waals surface area contributed by atoms with Gasteiger partial charge in [-0.2, -0.15) is 0 Å². The maximum absolute atomic E-state index is 10.1. The van der Waals surface area contributed by atoms with E-state index in [2.05, 4.69) is 9.97 Å². The standard InChI is InChI=1S/C14H11ClN2O/c1-8-10(15)7-6-9(13(8)18)14-16-11-4-2-3-5-12(11)17-14/h2-7,18H,1H3,(H,16,17). The number of aromatic amines is 1. The number of imidazole rings is 1. The van der Waals surface area contributed by atoms with E-state index in [4.69, 9.17) is 11.6 Å². The Kier molecular flexibility index (Phi) is 2.49. The zero-order valence-electron chi connectivity index (χ0n) is 9.74. The fourth-order valence-corrected chi connectivity index (χ4v) is 2.10. The molecule has 0 aliphatic heterocycles. The van der Waals surface area contributed by atoms with E-state index in [9.17, 15) is 5.11 Å². The van der Waals surface area contributed by atoms with E-state index in [0.717, 1.165) is 11.0 Å². The summed E-state index contributed by atoms with van der Waals surface area (Å²) in [5.41, 5.74) is 3.14. The number of hydrogen-bond acceptors (Lipinski definition) is 2. The number of nitrogens with one attached hydrogen (secondary N) is 1. The first kappa shape index (κ1) is 11.1. The van der Waals surface area contributed by atoms with Gasteiger partial charge in [-0.05, 0) is 31.2 Å². The van der Waals surface area contributed by atoms with Crippen molar-refractivity contribution in [3.8, 4) is 17.1 Å². The fourth-order valence-electron chi connectivity index (χ4n) is 1.95. The molecule has 0 saturated heterocycles. The van der Waals surface area contributed by atoms with E-state index < -0.39 is 0 Å². The topological polar surface area (TPSA) is 48.9 Å². The predicted molar refractivity (Wildman–Crippen MR) is 72.9 cm³/mol. The molecule has 0 unspecified atom stereocenters. The van der Waals surface area contributed by atoms with Crippen LogP contribution < -0.4 is 0 Å². The molecule has 0 saturated carbocycles. The molecule has 1 heterocycles. The molecule has 1 aromatic heterocycles. The van der Waals surface area contributed by atoms with Gasteiger partial charge in [0.05, 0.1) is 16.6 Å². The summed E-state index contributed by atoms with van der Waals surface area (Å²) >= 11 is 5.96. The number of benzene rings is 2. The molecule has 0 bridgehead atoms. The highest BCUT2D eigenvalue weighted by Crippen LogP contribution is 2.34. The summed E-state index contributed by atoms with van der Waals surface area (Å²) in [7, 11) is 0. The molecule has 0 atom stereocenters. The maximum Gasteiger partial charge on any atom is 0.142 e. The normalized spacial score (nSPS) is 11.0. The Labute approximate surface area is 109 Å². The van der Waals surface area contributed by atoms with Crippen LogP contribution in [0.3, 0.4) is 0 Å². The summed E-state index contributed by atoms with van der Waals surface area (Å²) in [5, 5.41) is 10.7. The minimum Gasteiger partial charge on any atom is -0.507 e. The lowest BCUT2D eigenvalue weighted by Crippen LogP contribution is -1.85. The average Bonchev–Trinajstić information content (AvgIpc) is 2.79. The molecule has 3 aromatic rings. The fraction of sp³-hybridized carbons (Fsp3) is 0.0714. The van der Waals surface area contributed by atoms with E-state index in [1.54, 1.807) is 19.1 Å². The SMILES string of the molecule is Cc1c(Cl)ccc(-c2nc3ccccc3[nH]2)c1O. The first-order valence-corrected chi connectivity index (χ1v) is 5.98. The molecule has 4 heteroatoms. The number of aromatic nitrogens is 2. The Morgan fingerprint density at radius 1 is 1.17 bits per heavy atom. The van der Waals surface area contributed by atoms with Crippen molar-refractivity contribution in [2.24, 2.45) is 0 Å². The van der Waals surface area contributed by atoms with Crippen molar-refractivity contribution in [3.63, 3.8) is 0 Å². The van der Waals surface area contributed by atoms with Crippen molar-refractivity contribution < 1.29 is 5.11 Å². The second kappa shape index (κ2) is 4.03. The van der Waals surface area contributed by atoms with E-state index in [0.29, 0.717) is 22.0 Å². The molecule has 2 aromatic carbocycles. The zero-order valence-corrected chi connectivity index (χ0v) is 10.5. The Morgan fingerprint density at radius 2 is 1.94 bits per heavy atom. The largest absolute Gasteiger partial charge is 0.507 e. The van der Waals surface area contributed by atoms with Crippen molar-refractivity contribution in [2.45, 2.75) is 6.92 Å². The van der Waals surface area contributed by atoms with E-state index >= 15 is 0 Å². The number of halogens is 1. The molecule has 0 radical (unpaired) electrons. The summed E-state index contributed by atoms with van der Waals surface area (Å²) in [4.78, 5) is 7.64. The number of phenols is 1. The maximum atomic E-state index is 10.1. The van der Waals surface area contributed by atoms with Crippen LogP contribution in [0.15, 0.2) is 36.4 Å². The van der Waals surface area contributed by atoms with Crippen LogP contribution >= 0.6 is 11.6 Å². The van der Waals surface area contributed by atoms with Gasteiger partial charge in [0.25, 0.3) is 0 Å². The van der Waals surface area contributed by atoms with Gasteiger partial charge in [0.2, 0.25) is 0 Å². The van der Waals surface area contributed by atoms with Gasteiger partial charge in [-0.25, -0.2) is 4.98 Å². The third-order valence-electron chi connectivity index (χ3n) is 3.01. The molecule has 3 nitrogen and oxygen atoms in total. The first-order valence-electron chi connectivity index (χ1n) is 5.60. The van der Waals surface area contributed by atoms with Crippen LogP contribution in [0.5, 0.6) is 5.75 Å². The van der Waals surface area contributed by atoms with Gasteiger partial charge < -0.3 is 10.1 Å². The van der Waals surface area contributed by atoms with Crippen molar-refractivity contribution in [2.75, 3.05) is 0 Å². The quantitative estimate of drug-likeness (QED) is 0.695. The highest BCUT2D eigenvalue weighted by molar-refractivity contribution is 6.31. The number of fused-ring (bicyclic) bond motifs is 1. The van der Waals surface area contributed by atoms with Crippen molar-refractivity contribution in [3.05, 3.63) is 47.0 Å². The third-order valence-corrected chi connectivity index (χ3v) is 3.42. The van der Waals surface area contributed by atoms with Gasteiger partial charge in [-0.3, -0.25) is 0 Å². The smallest absolute Gasteiger partial charge is 0.142 e. The van der Waals surface area contributed by atoms with E-state index in [1.807, 2.05) is 24.3 Å². The van der Waals surface area contributed by atoms with Gasteiger partial charge in [-0.1, -0.05) is 23.7 Å². The van der Waals surface area contributed by atoms with Crippen LogP contribution in [0.4, 0.5) is 0 Å². The minimum absolute atomic E-state index is 0.168. The van der Waals surface area contributed by atoms with Gasteiger partial charge in [0, 0.05) is 10.6 Å². The molecule has 0 aliphatic rings. The van der Waals surface area contributed by atoms with Gasteiger partial charge in [-0.15, -0.1) is 0 Å². The summed E-state index contributed by atoms with van der Waals surface area (Å²) in [5.74, 6) is 0.815. The van der Waals surface area contributed by atoms with Crippen LogP contribution in [0.1, 0.15) is 5.56 Å². The van der Waals surface area contributed by atoms with Crippen LogP contribution in [0.25, 0.3) is 22.4 Å². The Hall–Kier alpha value is -2.00. The molecular formula is C14H11ClN2O. The molecular weight excluding hydrogens is 248 g/mol.